The average molecular weight is 234 g/mol. The number of rotatable bonds is 4. The standard InChI is InChI=1S/C10H13ClFNS/c1-3-6-14-13-9-5-4-8(12)7(2)10(9)11/h4-5,13H,3,6H2,1-2H3. The zero-order valence-electron chi connectivity index (χ0n) is 8.23. The van der Waals surface area contributed by atoms with Crippen molar-refractivity contribution >= 4 is 29.2 Å². The van der Waals surface area contributed by atoms with Crippen LogP contribution in [0.15, 0.2) is 12.1 Å². The van der Waals surface area contributed by atoms with Gasteiger partial charge >= 0.3 is 0 Å². The molecule has 0 atom stereocenters. The lowest BCUT2D eigenvalue weighted by Crippen LogP contribution is -1.93. The van der Waals surface area contributed by atoms with Gasteiger partial charge in [0.1, 0.15) is 5.82 Å². The monoisotopic (exact) mass is 233 g/mol. The van der Waals surface area contributed by atoms with Crippen LogP contribution in [-0.2, 0) is 0 Å². The van der Waals surface area contributed by atoms with Crippen LogP contribution >= 0.6 is 23.5 Å². The summed E-state index contributed by atoms with van der Waals surface area (Å²) in [5, 5.41) is 0.466. The first kappa shape index (κ1) is 11.7. The molecule has 0 saturated heterocycles. The van der Waals surface area contributed by atoms with Crippen molar-refractivity contribution < 1.29 is 4.39 Å². The summed E-state index contributed by atoms with van der Waals surface area (Å²) in [5.74, 6) is 0.744. The van der Waals surface area contributed by atoms with Gasteiger partial charge < -0.3 is 4.72 Å². The summed E-state index contributed by atoms with van der Waals surface area (Å²) in [6.45, 7) is 3.78. The lowest BCUT2D eigenvalue weighted by atomic mass is 10.2. The Bertz CT molecular complexity index is 317. The molecule has 1 rings (SSSR count). The lowest BCUT2D eigenvalue weighted by Gasteiger charge is -2.09. The van der Waals surface area contributed by atoms with Gasteiger partial charge in [0.25, 0.3) is 0 Å². The summed E-state index contributed by atoms with van der Waals surface area (Å²) >= 11 is 7.54. The van der Waals surface area contributed by atoms with Crippen molar-refractivity contribution in [1.82, 2.24) is 0 Å². The Kier molecular flexibility index (Phi) is 4.55. The van der Waals surface area contributed by atoms with E-state index in [1.54, 1.807) is 24.9 Å². The number of benzene rings is 1. The van der Waals surface area contributed by atoms with E-state index in [-0.39, 0.29) is 5.82 Å². The molecular formula is C10H13ClFNS. The molecule has 0 unspecified atom stereocenters. The maximum atomic E-state index is 13.0. The van der Waals surface area contributed by atoms with Gasteiger partial charge in [-0.3, -0.25) is 0 Å². The minimum Gasteiger partial charge on any atom is -0.328 e. The molecule has 0 aliphatic heterocycles. The second-order valence-corrected chi connectivity index (χ2v) is 4.26. The zero-order chi connectivity index (χ0) is 10.6. The van der Waals surface area contributed by atoms with Crippen LogP contribution < -0.4 is 4.72 Å². The molecule has 0 aliphatic carbocycles. The molecule has 0 amide bonds. The maximum absolute atomic E-state index is 13.0. The van der Waals surface area contributed by atoms with Crippen molar-refractivity contribution in [3.63, 3.8) is 0 Å². The van der Waals surface area contributed by atoms with Gasteiger partial charge in [0.15, 0.2) is 0 Å². The van der Waals surface area contributed by atoms with Crippen LogP contribution in [0.2, 0.25) is 5.02 Å². The Morgan fingerprint density at radius 2 is 2.21 bits per heavy atom. The molecule has 0 aliphatic rings. The van der Waals surface area contributed by atoms with Gasteiger partial charge in [-0.1, -0.05) is 30.5 Å². The van der Waals surface area contributed by atoms with E-state index in [0.717, 1.165) is 17.9 Å². The number of hydrogen-bond acceptors (Lipinski definition) is 2. The third kappa shape index (κ3) is 2.79. The van der Waals surface area contributed by atoms with Crippen LogP contribution in [0.4, 0.5) is 10.1 Å². The Morgan fingerprint density at radius 1 is 1.50 bits per heavy atom. The van der Waals surface area contributed by atoms with E-state index in [1.807, 2.05) is 0 Å². The van der Waals surface area contributed by atoms with Crippen molar-refractivity contribution in [2.45, 2.75) is 20.3 Å². The predicted octanol–water partition coefficient (Wildman–Crippen LogP) is 4.26. The second kappa shape index (κ2) is 5.47. The molecule has 78 valence electrons. The SMILES string of the molecule is CCCSNc1ccc(F)c(C)c1Cl. The minimum absolute atomic E-state index is 0.263. The fourth-order valence-corrected chi connectivity index (χ4v) is 1.86. The van der Waals surface area contributed by atoms with E-state index in [9.17, 15) is 4.39 Å². The van der Waals surface area contributed by atoms with Crippen LogP contribution in [0.1, 0.15) is 18.9 Å². The Labute approximate surface area is 93.2 Å². The summed E-state index contributed by atoms with van der Waals surface area (Å²) < 4.78 is 16.1. The summed E-state index contributed by atoms with van der Waals surface area (Å²) in [6.07, 6.45) is 1.09. The maximum Gasteiger partial charge on any atom is 0.127 e. The molecule has 1 aromatic rings. The Morgan fingerprint density at radius 3 is 2.86 bits per heavy atom. The van der Waals surface area contributed by atoms with Gasteiger partial charge in [0.2, 0.25) is 0 Å². The molecule has 0 saturated carbocycles. The molecule has 0 heterocycles. The first-order chi connectivity index (χ1) is 6.66. The highest BCUT2D eigenvalue weighted by atomic mass is 35.5. The predicted molar refractivity (Wildman–Crippen MR) is 62.5 cm³/mol. The lowest BCUT2D eigenvalue weighted by molar-refractivity contribution is 0.619. The number of hydrogen-bond donors (Lipinski definition) is 1. The number of anilines is 1. The third-order valence-electron chi connectivity index (χ3n) is 1.81. The fraction of sp³-hybridized carbons (Fsp3) is 0.400. The highest BCUT2D eigenvalue weighted by Crippen LogP contribution is 2.29. The molecule has 0 radical (unpaired) electrons. The smallest absolute Gasteiger partial charge is 0.127 e. The van der Waals surface area contributed by atoms with Gasteiger partial charge in [-0.2, -0.15) is 0 Å². The first-order valence-corrected chi connectivity index (χ1v) is 5.85. The minimum atomic E-state index is -0.263. The third-order valence-corrected chi connectivity index (χ3v) is 3.27. The van der Waals surface area contributed by atoms with E-state index >= 15 is 0 Å². The van der Waals surface area contributed by atoms with Crippen molar-refractivity contribution in [3.8, 4) is 0 Å². The van der Waals surface area contributed by atoms with Crippen LogP contribution in [0.25, 0.3) is 0 Å². The molecule has 1 aromatic carbocycles. The Balaban J connectivity index is 2.73. The molecule has 1 N–H and O–H groups in total. The molecule has 14 heavy (non-hydrogen) atoms. The van der Waals surface area contributed by atoms with Gasteiger partial charge in [0, 0.05) is 11.3 Å². The van der Waals surface area contributed by atoms with Crippen LogP contribution in [0.5, 0.6) is 0 Å². The summed E-state index contributed by atoms with van der Waals surface area (Å²) in [4.78, 5) is 0. The first-order valence-electron chi connectivity index (χ1n) is 4.49. The van der Waals surface area contributed by atoms with E-state index in [1.165, 1.54) is 6.07 Å². The topological polar surface area (TPSA) is 12.0 Å². The molecule has 0 aromatic heterocycles. The van der Waals surface area contributed by atoms with E-state index in [2.05, 4.69) is 11.6 Å². The molecular weight excluding hydrogens is 221 g/mol. The summed E-state index contributed by atoms with van der Waals surface area (Å²) in [6, 6.07) is 3.09. The van der Waals surface area contributed by atoms with Crippen LogP contribution in [-0.4, -0.2) is 5.75 Å². The van der Waals surface area contributed by atoms with E-state index in [4.69, 9.17) is 11.6 Å². The fourth-order valence-electron chi connectivity index (χ4n) is 0.971. The van der Waals surface area contributed by atoms with Crippen molar-refractivity contribution in [2.75, 3.05) is 10.5 Å². The van der Waals surface area contributed by atoms with Crippen molar-refractivity contribution in [1.29, 1.82) is 0 Å². The van der Waals surface area contributed by atoms with Gasteiger partial charge in [-0.15, -0.1) is 0 Å². The van der Waals surface area contributed by atoms with Crippen molar-refractivity contribution in [3.05, 3.63) is 28.5 Å². The largest absolute Gasteiger partial charge is 0.328 e. The van der Waals surface area contributed by atoms with Gasteiger partial charge in [0.05, 0.1) is 10.7 Å². The molecule has 4 heteroatoms. The highest BCUT2D eigenvalue weighted by Gasteiger charge is 2.06. The quantitative estimate of drug-likeness (QED) is 0.616. The van der Waals surface area contributed by atoms with E-state index < -0.39 is 0 Å². The second-order valence-electron chi connectivity index (χ2n) is 2.98. The molecule has 0 fully saturated rings. The molecule has 0 spiro atoms. The normalized spacial score (nSPS) is 10.3. The van der Waals surface area contributed by atoms with Gasteiger partial charge in [-0.05, 0) is 25.5 Å². The van der Waals surface area contributed by atoms with Crippen LogP contribution in [0.3, 0.4) is 0 Å². The van der Waals surface area contributed by atoms with Gasteiger partial charge in [-0.25, -0.2) is 4.39 Å². The van der Waals surface area contributed by atoms with E-state index in [0.29, 0.717) is 10.6 Å². The number of halogens is 2. The molecule has 1 nitrogen and oxygen atoms in total. The highest BCUT2D eigenvalue weighted by molar-refractivity contribution is 8.00. The zero-order valence-corrected chi connectivity index (χ0v) is 9.81. The molecule has 0 bridgehead atoms. The average Bonchev–Trinajstić information content (AvgIpc) is 2.18. The summed E-state index contributed by atoms with van der Waals surface area (Å²) in [7, 11) is 0. The van der Waals surface area contributed by atoms with Crippen LogP contribution in [0, 0.1) is 12.7 Å². The number of nitrogens with one attached hydrogen (secondary N) is 1. The summed E-state index contributed by atoms with van der Waals surface area (Å²) in [5.41, 5.74) is 1.28. The Hall–Kier alpha value is -0.410. The van der Waals surface area contributed by atoms with Crippen molar-refractivity contribution in [2.24, 2.45) is 0 Å².